The van der Waals surface area contributed by atoms with Gasteiger partial charge in [-0.15, -0.1) is 0 Å². The van der Waals surface area contributed by atoms with Gasteiger partial charge in [0.2, 0.25) is 0 Å². The molecule has 0 aromatic heterocycles. The molecule has 1 atom stereocenters. The highest BCUT2D eigenvalue weighted by molar-refractivity contribution is 14.1. The predicted octanol–water partition coefficient (Wildman–Crippen LogP) is 3.28. The molecule has 6 heteroatoms. The standard InChI is InChI=1S/C16H16FIN2O2/c1-10(9-21)19-16(22)12-4-2-3-5-14(12)20-15-7-6-11(18)8-13(15)17/h2-8,10,20-21H,9H2,1H3,(H,19,22)/t10-/m0/s1. The van der Waals surface area contributed by atoms with Crippen LogP contribution in [0, 0.1) is 9.39 Å². The van der Waals surface area contributed by atoms with Gasteiger partial charge in [0.1, 0.15) is 5.82 Å². The van der Waals surface area contributed by atoms with Gasteiger partial charge in [0.15, 0.2) is 0 Å². The molecule has 3 N–H and O–H groups in total. The van der Waals surface area contributed by atoms with Crippen LogP contribution in [0.15, 0.2) is 42.5 Å². The molecule has 22 heavy (non-hydrogen) atoms. The monoisotopic (exact) mass is 414 g/mol. The van der Waals surface area contributed by atoms with E-state index in [2.05, 4.69) is 10.6 Å². The summed E-state index contributed by atoms with van der Waals surface area (Å²) in [4.78, 5) is 12.2. The summed E-state index contributed by atoms with van der Waals surface area (Å²) >= 11 is 2.03. The van der Waals surface area contributed by atoms with Crippen LogP contribution in [-0.4, -0.2) is 23.7 Å². The maximum atomic E-state index is 13.9. The predicted molar refractivity (Wildman–Crippen MR) is 92.9 cm³/mol. The lowest BCUT2D eigenvalue weighted by Crippen LogP contribution is -2.35. The molecular formula is C16H16FIN2O2. The van der Waals surface area contributed by atoms with Crippen LogP contribution in [0.2, 0.25) is 0 Å². The summed E-state index contributed by atoms with van der Waals surface area (Å²) in [6, 6.07) is 11.3. The number of aliphatic hydroxyl groups excluding tert-OH is 1. The number of hydrogen-bond acceptors (Lipinski definition) is 3. The smallest absolute Gasteiger partial charge is 0.253 e. The third-order valence-electron chi connectivity index (χ3n) is 3.02. The second-order valence-electron chi connectivity index (χ2n) is 4.85. The van der Waals surface area contributed by atoms with Crippen molar-refractivity contribution in [3.63, 3.8) is 0 Å². The molecule has 0 saturated heterocycles. The molecule has 0 bridgehead atoms. The third kappa shape index (κ3) is 4.17. The number of aliphatic hydroxyl groups is 1. The van der Waals surface area contributed by atoms with Crippen molar-refractivity contribution in [3.8, 4) is 0 Å². The van der Waals surface area contributed by atoms with E-state index >= 15 is 0 Å². The molecule has 0 aliphatic carbocycles. The molecule has 0 spiro atoms. The topological polar surface area (TPSA) is 61.4 Å². The minimum atomic E-state index is -0.383. The largest absolute Gasteiger partial charge is 0.394 e. The van der Waals surface area contributed by atoms with Crippen LogP contribution in [0.5, 0.6) is 0 Å². The van der Waals surface area contributed by atoms with Crippen LogP contribution in [0.3, 0.4) is 0 Å². The van der Waals surface area contributed by atoms with Gasteiger partial charge < -0.3 is 15.7 Å². The van der Waals surface area contributed by atoms with Gasteiger partial charge >= 0.3 is 0 Å². The van der Waals surface area contributed by atoms with Gasteiger partial charge in [0, 0.05) is 9.61 Å². The van der Waals surface area contributed by atoms with Gasteiger partial charge in [0.05, 0.1) is 23.5 Å². The average molecular weight is 414 g/mol. The van der Waals surface area contributed by atoms with Crippen LogP contribution in [0.25, 0.3) is 0 Å². The minimum Gasteiger partial charge on any atom is -0.394 e. The summed E-state index contributed by atoms with van der Waals surface area (Å²) in [6.45, 7) is 1.56. The van der Waals surface area contributed by atoms with Crippen LogP contribution in [-0.2, 0) is 0 Å². The lowest BCUT2D eigenvalue weighted by Gasteiger charge is -2.15. The number of anilines is 2. The molecule has 0 fully saturated rings. The third-order valence-corrected chi connectivity index (χ3v) is 3.69. The second kappa shape index (κ2) is 7.55. The van der Waals surface area contributed by atoms with E-state index in [4.69, 9.17) is 5.11 Å². The zero-order chi connectivity index (χ0) is 16.1. The Morgan fingerprint density at radius 3 is 2.68 bits per heavy atom. The summed E-state index contributed by atoms with van der Waals surface area (Å²) in [5.74, 6) is -0.707. The normalized spacial score (nSPS) is 11.8. The number of benzene rings is 2. The molecule has 116 valence electrons. The first-order chi connectivity index (χ1) is 10.5. The van der Waals surface area contributed by atoms with Crippen molar-refractivity contribution in [1.29, 1.82) is 0 Å². The van der Waals surface area contributed by atoms with Crippen molar-refractivity contribution >= 4 is 39.9 Å². The molecule has 0 aliphatic rings. The highest BCUT2D eigenvalue weighted by Gasteiger charge is 2.14. The lowest BCUT2D eigenvalue weighted by molar-refractivity contribution is 0.0923. The number of rotatable bonds is 5. The van der Waals surface area contributed by atoms with Crippen molar-refractivity contribution in [3.05, 3.63) is 57.4 Å². The Kier molecular flexibility index (Phi) is 5.73. The van der Waals surface area contributed by atoms with Gasteiger partial charge in [-0.05, 0) is 59.8 Å². The fourth-order valence-corrected chi connectivity index (χ4v) is 2.33. The van der Waals surface area contributed by atoms with Crippen molar-refractivity contribution in [2.45, 2.75) is 13.0 Å². The zero-order valence-corrected chi connectivity index (χ0v) is 14.1. The molecule has 1 amide bonds. The Bertz CT molecular complexity index is 679. The van der Waals surface area contributed by atoms with Gasteiger partial charge in [-0.2, -0.15) is 0 Å². The Morgan fingerprint density at radius 2 is 2.00 bits per heavy atom. The first-order valence-electron chi connectivity index (χ1n) is 6.74. The van der Waals surface area contributed by atoms with Crippen LogP contribution in [0.1, 0.15) is 17.3 Å². The Labute approximate surface area is 141 Å². The number of amides is 1. The Morgan fingerprint density at radius 1 is 1.27 bits per heavy atom. The van der Waals surface area contributed by atoms with Crippen molar-refractivity contribution < 1.29 is 14.3 Å². The maximum Gasteiger partial charge on any atom is 0.253 e. The highest BCUT2D eigenvalue weighted by Crippen LogP contribution is 2.24. The maximum absolute atomic E-state index is 13.9. The van der Waals surface area contributed by atoms with Crippen LogP contribution in [0.4, 0.5) is 15.8 Å². The van der Waals surface area contributed by atoms with Crippen molar-refractivity contribution in [2.75, 3.05) is 11.9 Å². The minimum absolute atomic E-state index is 0.146. The SMILES string of the molecule is C[C@@H](CO)NC(=O)c1ccccc1Nc1ccc(I)cc1F. The molecule has 0 saturated carbocycles. The summed E-state index contributed by atoms with van der Waals surface area (Å²) in [5, 5.41) is 14.6. The van der Waals surface area contributed by atoms with E-state index in [1.54, 1.807) is 43.3 Å². The quantitative estimate of drug-likeness (QED) is 0.659. The molecule has 4 nitrogen and oxygen atoms in total. The first kappa shape index (κ1) is 16.7. The molecule has 0 aliphatic heterocycles. The van der Waals surface area contributed by atoms with Gasteiger partial charge in [0.25, 0.3) is 5.91 Å². The fraction of sp³-hybridized carbons (Fsp3) is 0.188. The molecule has 0 unspecified atom stereocenters. The number of carbonyl (C=O) groups excluding carboxylic acids is 1. The fourth-order valence-electron chi connectivity index (χ4n) is 1.87. The molecule has 2 rings (SSSR count). The van der Waals surface area contributed by atoms with E-state index < -0.39 is 0 Å². The van der Waals surface area contributed by atoms with Crippen molar-refractivity contribution in [2.24, 2.45) is 0 Å². The van der Waals surface area contributed by atoms with Gasteiger partial charge in [-0.1, -0.05) is 12.1 Å². The molecule has 0 radical (unpaired) electrons. The second-order valence-corrected chi connectivity index (χ2v) is 6.10. The van der Waals surface area contributed by atoms with Crippen LogP contribution < -0.4 is 10.6 Å². The average Bonchev–Trinajstić information content (AvgIpc) is 2.50. The Hall–Kier alpha value is -1.67. The molecule has 0 heterocycles. The summed E-state index contributed by atoms with van der Waals surface area (Å²) in [6.07, 6.45) is 0. The van der Waals surface area contributed by atoms with Crippen LogP contribution >= 0.6 is 22.6 Å². The number of hydrogen-bond donors (Lipinski definition) is 3. The molecule has 2 aromatic carbocycles. The molecule has 2 aromatic rings. The number of carbonyl (C=O) groups is 1. The van der Waals surface area contributed by atoms with E-state index in [-0.39, 0.29) is 24.4 Å². The Balaban J connectivity index is 2.26. The van der Waals surface area contributed by atoms with E-state index in [1.807, 2.05) is 22.6 Å². The van der Waals surface area contributed by atoms with Gasteiger partial charge in [-0.3, -0.25) is 4.79 Å². The summed E-state index contributed by atoms with van der Waals surface area (Å²) in [7, 11) is 0. The number of nitrogens with one attached hydrogen (secondary N) is 2. The zero-order valence-electron chi connectivity index (χ0n) is 11.9. The first-order valence-corrected chi connectivity index (χ1v) is 7.82. The van der Waals surface area contributed by atoms with Crippen molar-refractivity contribution in [1.82, 2.24) is 5.32 Å². The summed E-state index contributed by atoms with van der Waals surface area (Å²) < 4.78 is 14.7. The van der Waals surface area contributed by atoms with Gasteiger partial charge in [-0.25, -0.2) is 4.39 Å². The number of halogens is 2. The summed E-state index contributed by atoms with van der Waals surface area (Å²) in [5.41, 5.74) is 1.20. The van der Waals surface area contributed by atoms with E-state index in [9.17, 15) is 9.18 Å². The van der Waals surface area contributed by atoms with E-state index in [0.717, 1.165) is 3.57 Å². The highest BCUT2D eigenvalue weighted by atomic mass is 127. The van der Waals surface area contributed by atoms with E-state index in [1.165, 1.54) is 6.07 Å². The lowest BCUT2D eigenvalue weighted by atomic mass is 10.1. The number of para-hydroxylation sites is 1. The van der Waals surface area contributed by atoms with E-state index in [0.29, 0.717) is 16.9 Å². The molecular weight excluding hydrogens is 398 g/mol.